The lowest BCUT2D eigenvalue weighted by Gasteiger charge is -2.13. The van der Waals surface area contributed by atoms with Crippen molar-refractivity contribution in [3.63, 3.8) is 0 Å². The van der Waals surface area contributed by atoms with Gasteiger partial charge in [0.2, 0.25) is 5.91 Å². The number of halogens is 2. The smallest absolute Gasteiger partial charge is 0.325 e. The van der Waals surface area contributed by atoms with Gasteiger partial charge in [0.05, 0.1) is 11.2 Å². The van der Waals surface area contributed by atoms with E-state index in [2.05, 4.69) is 5.32 Å². The number of carbonyl (C=O) groups is 1. The van der Waals surface area contributed by atoms with Crippen LogP contribution in [0.1, 0.15) is 5.56 Å². The highest BCUT2D eigenvalue weighted by atomic mass is 32.1. The van der Waals surface area contributed by atoms with Crippen molar-refractivity contribution in [1.29, 1.82) is 0 Å². The maximum atomic E-state index is 13.7. The van der Waals surface area contributed by atoms with Gasteiger partial charge in [0, 0.05) is 5.69 Å². The second-order valence-electron chi connectivity index (χ2n) is 6.63. The molecule has 0 unspecified atom stereocenters. The first kappa shape index (κ1) is 19.7. The molecule has 2 heterocycles. The molecule has 4 aromatic rings. The zero-order chi connectivity index (χ0) is 21.4. The Kier molecular flexibility index (Phi) is 5.04. The maximum Gasteiger partial charge on any atom is 0.336 e. The number of nitrogens with one attached hydrogen (secondary N) is 1. The van der Waals surface area contributed by atoms with Gasteiger partial charge in [0.25, 0.3) is 5.56 Å². The monoisotopic (exact) mass is 427 g/mol. The summed E-state index contributed by atoms with van der Waals surface area (Å²) in [6, 6.07) is 10.7. The van der Waals surface area contributed by atoms with E-state index in [9.17, 15) is 23.2 Å². The number of aryl methyl sites for hydroxylation is 1. The molecule has 2 aromatic carbocycles. The summed E-state index contributed by atoms with van der Waals surface area (Å²) in [5, 5.41) is 4.25. The standard InChI is InChI=1S/C21H15F2N3O3S/c1-12-10-15(6-7-16(12)23)26-20(28)19-17(8-9-30-19)25(21(26)29)11-18(27)24-14-4-2-13(22)3-5-14/h2-10H,11H2,1H3,(H,24,27). The Hall–Kier alpha value is -3.59. The van der Waals surface area contributed by atoms with Crippen molar-refractivity contribution < 1.29 is 13.6 Å². The number of rotatable bonds is 4. The number of thiophene rings is 1. The van der Waals surface area contributed by atoms with Crippen molar-refractivity contribution in [3.05, 3.63) is 91.9 Å². The fraction of sp³-hybridized carbons (Fsp3) is 0.0952. The molecule has 0 aliphatic carbocycles. The molecule has 6 nitrogen and oxygen atoms in total. The van der Waals surface area contributed by atoms with Gasteiger partial charge in [-0.15, -0.1) is 11.3 Å². The van der Waals surface area contributed by atoms with Crippen molar-refractivity contribution in [1.82, 2.24) is 9.13 Å². The summed E-state index contributed by atoms with van der Waals surface area (Å²) in [5.41, 5.74) is -0.0484. The van der Waals surface area contributed by atoms with Crippen LogP contribution in [-0.4, -0.2) is 15.0 Å². The minimum atomic E-state index is -0.717. The summed E-state index contributed by atoms with van der Waals surface area (Å²) in [5.74, 6) is -1.41. The second kappa shape index (κ2) is 7.68. The van der Waals surface area contributed by atoms with Crippen molar-refractivity contribution in [2.24, 2.45) is 0 Å². The minimum Gasteiger partial charge on any atom is -0.325 e. The fourth-order valence-electron chi connectivity index (χ4n) is 3.11. The summed E-state index contributed by atoms with van der Waals surface area (Å²) in [6.07, 6.45) is 0. The van der Waals surface area contributed by atoms with Gasteiger partial charge in [-0.2, -0.15) is 0 Å². The van der Waals surface area contributed by atoms with Gasteiger partial charge < -0.3 is 5.32 Å². The van der Waals surface area contributed by atoms with Gasteiger partial charge in [-0.3, -0.25) is 14.2 Å². The third-order valence-electron chi connectivity index (χ3n) is 4.58. The Morgan fingerprint density at radius 2 is 1.80 bits per heavy atom. The number of anilines is 1. The first-order chi connectivity index (χ1) is 14.3. The highest BCUT2D eigenvalue weighted by Crippen LogP contribution is 2.18. The molecule has 0 saturated carbocycles. The number of hydrogen-bond donors (Lipinski definition) is 1. The molecule has 0 atom stereocenters. The normalized spacial score (nSPS) is 11.0. The van der Waals surface area contributed by atoms with E-state index in [1.165, 1.54) is 54.0 Å². The highest BCUT2D eigenvalue weighted by Gasteiger charge is 2.18. The van der Waals surface area contributed by atoms with E-state index in [-0.39, 0.29) is 17.8 Å². The Morgan fingerprint density at radius 1 is 1.07 bits per heavy atom. The molecule has 0 radical (unpaired) electrons. The van der Waals surface area contributed by atoms with Crippen molar-refractivity contribution in [2.75, 3.05) is 5.32 Å². The summed E-state index contributed by atoms with van der Waals surface area (Å²) in [4.78, 5) is 38.6. The van der Waals surface area contributed by atoms with Gasteiger partial charge >= 0.3 is 5.69 Å². The van der Waals surface area contributed by atoms with Crippen molar-refractivity contribution in [3.8, 4) is 5.69 Å². The molecule has 1 N–H and O–H groups in total. The van der Waals surface area contributed by atoms with Gasteiger partial charge in [-0.05, 0) is 66.4 Å². The van der Waals surface area contributed by atoms with Crippen molar-refractivity contribution >= 4 is 33.1 Å². The average Bonchev–Trinajstić information content (AvgIpc) is 3.20. The van der Waals surface area contributed by atoms with Crippen LogP contribution in [-0.2, 0) is 11.3 Å². The fourth-order valence-corrected chi connectivity index (χ4v) is 3.94. The maximum absolute atomic E-state index is 13.7. The number of hydrogen-bond acceptors (Lipinski definition) is 4. The molecule has 0 saturated heterocycles. The molecular weight excluding hydrogens is 412 g/mol. The summed E-state index contributed by atoms with van der Waals surface area (Å²) in [6.45, 7) is 1.17. The largest absolute Gasteiger partial charge is 0.336 e. The lowest BCUT2D eigenvalue weighted by Crippen LogP contribution is -2.40. The molecule has 0 fully saturated rings. The van der Waals surface area contributed by atoms with Gasteiger partial charge in [0.1, 0.15) is 22.9 Å². The number of amides is 1. The van der Waals surface area contributed by atoms with E-state index < -0.39 is 28.8 Å². The van der Waals surface area contributed by atoms with Crippen LogP contribution in [0.25, 0.3) is 15.9 Å². The zero-order valence-electron chi connectivity index (χ0n) is 15.7. The third-order valence-corrected chi connectivity index (χ3v) is 5.48. The molecule has 0 spiro atoms. The number of carbonyl (C=O) groups excluding carboxylic acids is 1. The van der Waals surface area contributed by atoms with Crippen LogP contribution >= 0.6 is 11.3 Å². The molecule has 30 heavy (non-hydrogen) atoms. The predicted octanol–water partition coefficient (Wildman–Crippen LogP) is 3.44. The van der Waals surface area contributed by atoms with E-state index in [4.69, 9.17) is 0 Å². The Bertz CT molecular complexity index is 1390. The van der Waals surface area contributed by atoms with E-state index >= 15 is 0 Å². The van der Waals surface area contributed by atoms with Crippen LogP contribution in [0, 0.1) is 18.6 Å². The van der Waals surface area contributed by atoms with Gasteiger partial charge in [-0.25, -0.2) is 18.1 Å². The number of benzene rings is 2. The van der Waals surface area contributed by atoms with E-state index in [1.54, 1.807) is 11.4 Å². The quantitative estimate of drug-likeness (QED) is 0.542. The molecule has 2 aromatic heterocycles. The first-order valence-corrected chi connectivity index (χ1v) is 9.78. The third kappa shape index (κ3) is 3.55. The van der Waals surface area contributed by atoms with Crippen LogP contribution in [0.3, 0.4) is 0 Å². The number of nitrogens with zero attached hydrogens (tertiary/aromatic N) is 2. The SMILES string of the molecule is Cc1cc(-n2c(=O)c3sccc3n(CC(=O)Nc3ccc(F)cc3)c2=O)ccc1F. The van der Waals surface area contributed by atoms with Crippen LogP contribution < -0.4 is 16.6 Å². The Balaban J connectivity index is 1.79. The second-order valence-corrected chi connectivity index (χ2v) is 7.55. The molecule has 0 aliphatic rings. The highest BCUT2D eigenvalue weighted by molar-refractivity contribution is 7.17. The molecule has 0 bridgehead atoms. The van der Waals surface area contributed by atoms with E-state index in [0.29, 0.717) is 15.9 Å². The molecule has 9 heteroatoms. The van der Waals surface area contributed by atoms with Gasteiger partial charge in [-0.1, -0.05) is 0 Å². The van der Waals surface area contributed by atoms with E-state index in [0.717, 1.165) is 15.9 Å². The summed E-state index contributed by atoms with van der Waals surface area (Å²) < 4.78 is 29.1. The molecule has 0 aliphatic heterocycles. The Labute approximate surface area is 172 Å². The molecule has 1 amide bonds. The number of aromatic nitrogens is 2. The lowest BCUT2D eigenvalue weighted by molar-refractivity contribution is -0.116. The Morgan fingerprint density at radius 3 is 2.50 bits per heavy atom. The van der Waals surface area contributed by atoms with Crippen LogP contribution in [0.4, 0.5) is 14.5 Å². The molecule has 152 valence electrons. The van der Waals surface area contributed by atoms with Crippen LogP contribution in [0.5, 0.6) is 0 Å². The molecular formula is C21H15F2N3O3S. The van der Waals surface area contributed by atoms with Crippen LogP contribution in [0.15, 0.2) is 63.5 Å². The zero-order valence-corrected chi connectivity index (χ0v) is 16.5. The average molecular weight is 427 g/mol. The minimum absolute atomic E-state index is 0.215. The number of fused-ring (bicyclic) bond motifs is 1. The van der Waals surface area contributed by atoms with Crippen LogP contribution in [0.2, 0.25) is 0 Å². The summed E-state index contributed by atoms with van der Waals surface area (Å²) >= 11 is 1.15. The first-order valence-electron chi connectivity index (χ1n) is 8.90. The van der Waals surface area contributed by atoms with Gasteiger partial charge in [0.15, 0.2) is 0 Å². The predicted molar refractivity (Wildman–Crippen MR) is 111 cm³/mol. The van der Waals surface area contributed by atoms with Crippen molar-refractivity contribution in [2.45, 2.75) is 13.5 Å². The lowest BCUT2D eigenvalue weighted by atomic mass is 10.2. The topological polar surface area (TPSA) is 73.1 Å². The molecule has 4 rings (SSSR count). The summed E-state index contributed by atoms with van der Waals surface area (Å²) in [7, 11) is 0. The van der Waals surface area contributed by atoms with E-state index in [1.807, 2.05) is 0 Å².